The highest BCUT2D eigenvalue weighted by Gasteiger charge is 2.31. The Bertz CT molecular complexity index is 1240. The first-order valence-electron chi connectivity index (χ1n) is 12.0. The van der Waals surface area contributed by atoms with Gasteiger partial charge in [-0.1, -0.05) is 18.9 Å². The van der Waals surface area contributed by atoms with Crippen LogP contribution in [0.3, 0.4) is 0 Å². The molecule has 0 radical (unpaired) electrons. The molecule has 2 amide bonds. The molecule has 2 aromatic carbocycles. The largest absolute Gasteiger partial charge is 0.486 e. The van der Waals surface area contributed by atoms with Crippen LogP contribution in [0.4, 0.5) is 13.2 Å². The van der Waals surface area contributed by atoms with E-state index in [2.05, 4.69) is 21.7 Å². The molecule has 1 saturated carbocycles. The number of carbonyl (C=O) groups is 2. The van der Waals surface area contributed by atoms with E-state index in [-0.39, 0.29) is 35.9 Å². The van der Waals surface area contributed by atoms with Gasteiger partial charge in [-0.2, -0.15) is 13.2 Å². The van der Waals surface area contributed by atoms with Crippen LogP contribution in [0.2, 0.25) is 0 Å². The van der Waals surface area contributed by atoms with Gasteiger partial charge in [0, 0.05) is 23.0 Å². The first-order chi connectivity index (χ1) is 17.6. The molecule has 0 aliphatic heterocycles. The van der Waals surface area contributed by atoms with Crippen molar-refractivity contribution in [2.45, 2.75) is 64.4 Å². The lowest BCUT2D eigenvalue weighted by Gasteiger charge is -2.32. The number of nitrogens with zero attached hydrogens (tertiary/aromatic N) is 1. The van der Waals surface area contributed by atoms with Crippen LogP contribution in [0.1, 0.15) is 68.2 Å². The second-order valence-corrected chi connectivity index (χ2v) is 10.2. The van der Waals surface area contributed by atoms with E-state index < -0.39 is 17.6 Å². The van der Waals surface area contributed by atoms with Crippen LogP contribution in [-0.2, 0) is 12.8 Å². The zero-order chi connectivity index (χ0) is 26.6. The molecule has 1 aliphatic rings. The van der Waals surface area contributed by atoms with Crippen molar-refractivity contribution in [3.63, 3.8) is 0 Å². The summed E-state index contributed by atoms with van der Waals surface area (Å²) in [6, 6.07) is 9.39. The number of amides is 2. The molecule has 37 heavy (non-hydrogen) atoms. The number of hydrogen-bond donors (Lipinski definition) is 2. The lowest BCUT2D eigenvalue weighted by atomic mass is 9.90. The summed E-state index contributed by atoms with van der Waals surface area (Å²) in [6.45, 7) is 4.24. The zero-order valence-electron chi connectivity index (χ0n) is 20.5. The van der Waals surface area contributed by atoms with E-state index in [4.69, 9.17) is 4.74 Å². The van der Waals surface area contributed by atoms with Gasteiger partial charge in [0.05, 0.1) is 5.56 Å². The predicted octanol–water partition coefficient (Wildman–Crippen LogP) is 5.83. The Morgan fingerprint density at radius 1 is 0.973 bits per heavy atom. The van der Waals surface area contributed by atoms with Crippen molar-refractivity contribution in [2.24, 2.45) is 0 Å². The lowest BCUT2D eigenvalue weighted by Crippen LogP contribution is -2.53. The number of hydrogen-bond acceptors (Lipinski definition) is 5. The maximum Gasteiger partial charge on any atom is 0.416 e. The molecule has 4 rings (SSSR count). The van der Waals surface area contributed by atoms with Crippen LogP contribution in [0, 0.1) is 13.8 Å². The minimum Gasteiger partial charge on any atom is -0.486 e. The quantitative estimate of drug-likeness (QED) is 0.402. The monoisotopic (exact) mass is 531 g/mol. The Morgan fingerprint density at radius 2 is 1.57 bits per heavy atom. The highest BCUT2D eigenvalue weighted by molar-refractivity contribution is 7.09. The highest BCUT2D eigenvalue weighted by atomic mass is 32.1. The van der Waals surface area contributed by atoms with Gasteiger partial charge < -0.3 is 15.4 Å². The average molecular weight is 532 g/mol. The minimum absolute atomic E-state index is 0.136. The Morgan fingerprint density at radius 3 is 2.16 bits per heavy atom. The van der Waals surface area contributed by atoms with Crippen molar-refractivity contribution in [3.8, 4) is 5.75 Å². The van der Waals surface area contributed by atoms with Gasteiger partial charge in [-0.3, -0.25) is 9.59 Å². The fourth-order valence-corrected chi connectivity index (χ4v) is 5.11. The summed E-state index contributed by atoms with van der Waals surface area (Å²) < 4.78 is 44.2. The van der Waals surface area contributed by atoms with Crippen LogP contribution >= 0.6 is 11.3 Å². The van der Waals surface area contributed by atoms with E-state index in [1.54, 1.807) is 5.38 Å². The van der Waals surface area contributed by atoms with E-state index in [9.17, 15) is 22.8 Å². The van der Waals surface area contributed by atoms with E-state index in [1.807, 2.05) is 26.0 Å². The molecule has 2 N–H and O–H groups in total. The van der Waals surface area contributed by atoms with Crippen molar-refractivity contribution >= 4 is 23.2 Å². The van der Waals surface area contributed by atoms with Gasteiger partial charge in [-0.15, -0.1) is 11.3 Å². The maximum absolute atomic E-state index is 12.9. The smallest absolute Gasteiger partial charge is 0.416 e. The molecule has 2 atom stereocenters. The summed E-state index contributed by atoms with van der Waals surface area (Å²) in [5, 5.41) is 8.20. The molecule has 3 aromatic rings. The van der Waals surface area contributed by atoms with Crippen LogP contribution in [-0.4, -0.2) is 28.9 Å². The second-order valence-electron chi connectivity index (χ2n) is 9.26. The zero-order valence-corrected chi connectivity index (χ0v) is 21.3. The molecular formula is C27H28F3N3O3S. The third-order valence-electron chi connectivity index (χ3n) is 6.22. The Balaban J connectivity index is 1.34. The van der Waals surface area contributed by atoms with E-state index >= 15 is 0 Å². The second kappa shape index (κ2) is 11.3. The Kier molecular flexibility index (Phi) is 8.16. The third kappa shape index (κ3) is 7.09. The molecule has 2 unspecified atom stereocenters. The van der Waals surface area contributed by atoms with Gasteiger partial charge in [0.25, 0.3) is 11.8 Å². The third-order valence-corrected chi connectivity index (χ3v) is 7.04. The number of halogens is 3. The van der Waals surface area contributed by atoms with Crippen molar-refractivity contribution in [2.75, 3.05) is 0 Å². The summed E-state index contributed by atoms with van der Waals surface area (Å²) in [4.78, 5) is 30.0. The van der Waals surface area contributed by atoms with Gasteiger partial charge >= 0.3 is 6.18 Å². The standard InChI is InChI=1S/C27H28F3N3O3S/c1-16-11-17(2)13-20(12-16)36-14-24-31-23(15-37-24)26(35)33-22-6-4-3-5-21(22)32-25(34)18-7-9-19(10-8-18)27(28,29)30/h7-13,15,21-22H,3-6,14H2,1-2H3,(H,32,34)(H,33,35). The fraction of sp³-hybridized carbons (Fsp3) is 0.370. The minimum atomic E-state index is -4.46. The number of alkyl halides is 3. The molecule has 10 heteroatoms. The molecule has 0 spiro atoms. The number of thiazole rings is 1. The van der Waals surface area contributed by atoms with E-state index in [0.717, 1.165) is 54.0 Å². The number of aromatic nitrogens is 1. The molecule has 0 saturated heterocycles. The van der Waals surface area contributed by atoms with E-state index in [1.165, 1.54) is 11.3 Å². The predicted molar refractivity (Wildman–Crippen MR) is 135 cm³/mol. The number of aryl methyl sites for hydroxylation is 2. The Labute approximate surface area is 217 Å². The van der Waals surface area contributed by atoms with Gasteiger partial charge in [0.15, 0.2) is 0 Å². The van der Waals surface area contributed by atoms with Gasteiger partial charge in [-0.25, -0.2) is 4.98 Å². The molecule has 1 aromatic heterocycles. The summed E-state index contributed by atoms with van der Waals surface area (Å²) in [6.07, 6.45) is -1.36. The molecule has 6 nitrogen and oxygen atoms in total. The first-order valence-corrected chi connectivity index (χ1v) is 12.9. The molecule has 196 valence electrons. The maximum atomic E-state index is 12.9. The van der Waals surface area contributed by atoms with Crippen molar-refractivity contribution in [1.82, 2.24) is 15.6 Å². The summed E-state index contributed by atoms with van der Waals surface area (Å²) in [5.41, 5.74) is 1.80. The molecule has 0 bridgehead atoms. The van der Waals surface area contributed by atoms with Crippen molar-refractivity contribution < 1.29 is 27.5 Å². The fourth-order valence-electron chi connectivity index (χ4n) is 4.42. The van der Waals surface area contributed by atoms with Gasteiger partial charge in [-0.05, 0) is 74.2 Å². The number of ether oxygens (including phenoxy) is 1. The SMILES string of the molecule is Cc1cc(C)cc(OCc2nc(C(=O)NC3CCCCC3NC(=O)c3ccc(C(F)(F)F)cc3)cs2)c1. The van der Waals surface area contributed by atoms with Crippen molar-refractivity contribution in [1.29, 1.82) is 0 Å². The lowest BCUT2D eigenvalue weighted by molar-refractivity contribution is -0.137. The molecule has 1 fully saturated rings. The van der Waals surface area contributed by atoms with Gasteiger partial charge in [0.2, 0.25) is 0 Å². The number of carbonyl (C=O) groups excluding carboxylic acids is 2. The summed E-state index contributed by atoms with van der Waals surface area (Å²) in [5.74, 6) is -0.0681. The summed E-state index contributed by atoms with van der Waals surface area (Å²) >= 11 is 1.33. The topological polar surface area (TPSA) is 80.3 Å². The average Bonchev–Trinajstić information content (AvgIpc) is 3.32. The van der Waals surface area contributed by atoms with Crippen LogP contribution in [0.15, 0.2) is 47.8 Å². The highest BCUT2D eigenvalue weighted by Crippen LogP contribution is 2.29. The summed E-state index contributed by atoms with van der Waals surface area (Å²) in [7, 11) is 0. The Hall–Kier alpha value is -3.40. The molecular weight excluding hydrogens is 503 g/mol. The normalized spacial score (nSPS) is 17.8. The van der Waals surface area contributed by atoms with Crippen LogP contribution in [0.25, 0.3) is 0 Å². The van der Waals surface area contributed by atoms with E-state index in [0.29, 0.717) is 17.8 Å². The first kappa shape index (κ1) is 26.7. The number of nitrogens with one attached hydrogen (secondary N) is 2. The number of benzene rings is 2. The molecule has 1 aliphatic carbocycles. The number of rotatable bonds is 7. The van der Waals surface area contributed by atoms with Crippen molar-refractivity contribution in [3.05, 3.63) is 80.8 Å². The van der Waals surface area contributed by atoms with Gasteiger partial charge in [0.1, 0.15) is 23.1 Å². The molecule has 1 heterocycles. The van der Waals surface area contributed by atoms with Crippen LogP contribution < -0.4 is 15.4 Å². The van der Waals surface area contributed by atoms with Crippen LogP contribution in [0.5, 0.6) is 5.75 Å².